The molecule has 2 amide bonds. The molecule has 4 rings (SSSR count). The van der Waals surface area contributed by atoms with Gasteiger partial charge in [0.2, 0.25) is 5.91 Å². The van der Waals surface area contributed by atoms with Crippen LogP contribution in [0.25, 0.3) is 0 Å². The van der Waals surface area contributed by atoms with Gasteiger partial charge >= 0.3 is 18.1 Å². The van der Waals surface area contributed by atoms with Gasteiger partial charge in [0.15, 0.2) is 0 Å². The fraction of sp³-hybridized carbons (Fsp3) is 0.0667. The van der Waals surface area contributed by atoms with Crippen LogP contribution in [0.1, 0.15) is 47.5 Å². The number of carbonyl (C=O) groups excluding carboxylic acids is 2. The van der Waals surface area contributed by atoms with E-state index in [1.165, 1.54) is 12.1 Å². The number of rotatable bonds is 9. The molecule has 1 unspecified atom stereocenters. The minimum absolute atomic E-state index is 0.0677. The Labute approximate surface area is 251 Å². The summed E-state index contributed by atoms with van der Waals surface area (Å²) >= 11 is 7.17. The van der Waals surface area contributed by atoms with Crippen molar-refractivity contribution in [1.29, 1.82) is 0 Å². The molecule has 0 heterocycles. The maximum absolute atomic E-state index is 13.3. The Morgan fingerprint density at radius 3 is 2.05 bits per heavy atom. The fourth-order valence-corrected chi connectivity index (χ4v) is 5.09. The lowest BCUT2D eigenvalue weighted by Gasteiger charge is -2.19. The first-order valence-corrected chi connectivity index (χ1v) is 13.5. The molecule has 43 heavy (non-hydrogen) atoms. The number of carbonyl (C=O) groups is 4. The van der Waals surface area contributed by atoms with E-state index in [0.717, 1.165) is 48.2 Å². The second-order valence-corrected chi connectivity index (χ2v) is 10.5. The van der Waals surface area contributed by atoms with Crippen LogP contribution < -0.4 is 10.6 Å². The van der Waals surface area contributed by atoms with Gasteiger partial charge in [0, 0.05) is 10.6 Å². The zero-order valence-corrected chi connectivity index (χ0v) is 23.3. The number of benzene rings is 4. The van der Waals surface area contributed by atoms with Crippen LogP contribution >= 0.6 is 23.4 Å². The number of aromatic carboxylic acids is 2. The van der Waals surface area contributed by atoms with Crippen LogP contribution in [0, 0.1) is 0 Å². The largest absolute Gasteiger partial charge is 0.478 e. The first-order chi connectivity index (χ1) is 20.3. The third-order valence-electron chi connectivity index (χ3n) is 6.00. The van der Waals surface area contributed by atoms with Crippen molar-refractivity contribution in [2.45, 2.75) is 16.3 Å². The van der Waals surface area contributed by atoms with E-state index in [-0.39, 0.29) is 27.5 Å². The summed E-state index contributed by atoms with van der Waals surface area (Å²) in [6.07, 6.45) is -4.63. The van der Waals surface area contributed by atoms with Crippen molar-refractivity contribution in [2.24, 2.45) is 0 Å². The molecule has 0 aliphatic heterocycles. The molecule has 0 fully saturated rings. The summed E-state index contributed by atoms with van der Waals surface area (Å²) in [5.41, 5.74) is -1.34. The van der Waals surface area contributed by atoms with Crippen LogP contribution in [0.15, 0.2) is 95.9 Å². The zero-order chi connectivity index (χ0) is 31.3. The lowest BCUT2D eigenvalue weighted by atomic mass is 10.0. The number of thioether (sulfide) groups is 1. The molecule has 4 N–H and O–H groups in total. The number of amides is 2. The van der Waals surface area contributed by atoms with E-state index < -0.39 is 46.3 Å². The molecule has 4 aromatic rings. The van der Waals surface area contributed by atoms with E-state index >= 15 is 0 Å². The third kappa shape index (κ3) is 7.73. The molecular formula is C30H20ClF3N2O6S. The summed E-state index contributed by atoms with van der Waals surface area (Å²) in [6.45, 7) is 0. The molecule has 0 bridgehead atoms. The average molecular weight is 629 g/mol. The molecule has 0 spiro atoms. The van der Waals surface area contributed by atoms with Gasteiger partial charge < -0.3 is 20.8 Å². The van der Waals surface area contributed by atoms with Crippen LogP contribution in [0.2, 0.25) is 5.02 Å². The highest BCUT2D eigenvalue weighted by atomic mass is 35.5. The van der Waals surface area contributed by atoms with Gasteiger partial charge in [0.1, 0.15) is 5.25 Å². The molecular weight excluding hydrogens is 609 g/mol. The summed E-state index contributed by atoms with van der Waals surface area (Å²) in [7, 11) is 0. The van der Waals surface area contributed by atoms with Crippen molar-refractivity contribution < 1.29 is 42.6 Å². The quantitative estimate of drug-likeness (QED) is 0.141. The monoisotopic (exact) mass is 628 g/mol. The summed E-state index contributed by atoms with van der Waals surface area (Å²) in [4.78, 5) is 49.5. The number of carboxylic acids is 2. The Hall–Kier alpha value is -4.81. The average Bonchev–Trinajstić information content (AvgIpc) is 2.97. The molecule has 0 saturated carbocycles. The molecule has 8 nitrogen and oxygen atoms in total. The van der Waals surface area contributed by atoms with Crippen LogP contribution in [0.5, 0.6) is 0 Å². The summed E-state index contributed by atoms with van der Waals surface area (Å²) in [5.74, 6) is -4.23. The number of anilines is 2. The Bertz CT molecular complexity index is 1700. The minimum Gasteiger partial charge on any atom is -0.478 e. The summed E-state index contributed by atoms with van der Waals surface area (Å²) < 4.78 is 39.7. The Morgan fingerprint density at radius 1 is 0.767 bits per heavy atom. The molecule has 0 radical (unpaired) electrons. The standard InChI is InChI=1S/C30H20ClF3N2O6S/c31-23-13-7-18(30(32,33)34)15-24(23)36-27(38)25(16-4-2-1-3-5-16)43-20-10-8-19(9-11-20)35-26(37)21-12-6-17(28(39)40)14-22(21)29(41)42/h1-15,25H,(H,35,37)(H,36,38)(H,39,40)(H,41,42). The van der Waals surface area contributed by atoms with Gasteiger partial charge in [-0.1, -0.05) is 41.9 Å². The number of hydrogen-bond acceptors (Lipinski definition) is 5. The van der Waals surface area contributed by atoms with E-state index in [4.69, 9.17) is 16.7 Å². The normalized spacial score (nSPS) is 11.8. The highest BCUT2D eigenvalue weighted by Gasteiger charge is 2.32. The highest BCUT2D eigenvalue weighted by molar-refractivity contribution is 8.00. The van der Waals surface area contributed by atoms with Crippen molar-refractivity contribution in [3.63, 3.8) is 0 Å². The Balaban J connectivity index is 1.54. The van der Waals surface area contributed by atoms with Gasteiger partial charge in [-0.2, -0.15) is 13.2 Å². The highest BCUT2D eigenvalue weighted by Crippen LogP contribution is 2.38. The van der Waals surface area contributed by atoms with E-state index in [1.807, 2.05) is 0 Å². The first-order valence-electron chi connectivity index (χ1n) is 12.2. The van der Waals surface area contributed by atoms with E-state index in [0.29, 0.717) is 10.5 Å². The van der Waals surface area contributed by atoms with E-state index in [9.17, 15) is 37.5 Å². The van der Waals surface area contributed by atoms with Crippen LogP contribution in [0.4, 0.5) is 24.5 Å². The molecule has 0 saturated heterocycles. The molecule has 0 aliphatic carbocycles. The van der Waals surface area contributed by atoms with Gasteiger partial charge in [-0.25, -0.2) is 9.59 Å². The molecule has 13 heteroatoms. The van der Waals surface area contributed by atoms with Crippen molar-refractivity contribution >= 4 is 58.5 Å². The second-order valence-electron chi connectivity index (χ2n) is 8.94. The smallest absolute Gasteiger partial charge is 0.416 e. The second kappa shape index (κ2) is 13.0. The predicted molar refractivity (Wildman–Crippen MR) is 155 cm³/mol. The van der Waals surface area contributed by atoms with Crippen LogP contribution in [-0.2, 0) is 11.0 Å². The molecule has 4 aromatic carbocycles. The van der Waals surface area contributed by atoms with E-state index in [2.05, 4.69) is 10.6 Å². The lowest BCUT2D eigenvalue weighted by Crippen LogP contribution is -2.20. The number of hydrogen-bond donors (Lipinski definition) is 4. The maximum Gasteiger partial charge on any atom is 0.416 e. The van der Waals surface area contributed by atoms with Gasteiger partial charge in [0.05, 0.1) is 33.0 Å². The number of alkyl halides is 3. The zero-order valence-electron chi connectivity index (χ0n) is 21.7. The van der Waals surface area contributed by atoms with Crippen molar-refractivity contribution in [1.82, 2.24) is 0 Å². The number of halogens is 4. The summed E-state index contributed by atoms with van der Waals surface area (Å²) in [5, 5.41) is 22.6. The Morgan fingerprint density at radius 2 is 1.44 bits per heavy atom. The first kappa shape index (κ1) is 31.1. The lowest BCUT2D eigenvalue weighted by molar-refractivity contribution is -0.137. The molecule has 0 aliphatic rings. The van der Waals surface area contributed by atoms with Gasteiger partial charge in [-0.15, -0.1) is 11.8 Å². The van der Waals surface area contributed by atoms with Crippen molar-refractivity contribution in [3.8, 4) is 0 Å². The molecule has 0 aromatic heterocycles. The number of carboxylic acid groups (broad SMARTS) is 2. The molecule has 220 valence electrons. The Kier molecular flexibility index (Phi) is 9.42. The van der Waals surface area contributed by atoms with Gasteiger partial charge in [-0.05, 0) is 66.2 Å². The van der Waals surface area contributed by atoms with Crippen molar-refractivity contribution in [3.05, 3.63) is 124 Å². The van der Waals surface area contributed by atoms with Crippen LogP contribution in [-0.4, -0.2) is 34.0 Å². The van der Waals surface area contributed by atoms with Gasteiger partial charge in [-0.3, -0.25) is 9.59 Å². The van der Waals surface area contributed by atoms with E-state index in [1.54, 1.807) is 42.5 Å². The SMILES string of the molecule is O=C(O)c1ccc(C(=O)Nc2ccc(SC(C(=O)Nc3cc(C(F)(F)F)ccc3Cl)c3ccccc3)cc2)c(C(=O)O)c1. The topological polar surface area (TPSA) is 133 Å². The van der Waals surface area contributed by atoms with Crippen molar-refractivity contribution in [2.75, 3.05) is 10.6 Å². The minimum atomic E-state index is -4.63. The predicted octanol–water partition coefficient (Wildman–Crippen LogP) is 7.48. The van der Waals surface area contributed by atoms with Gasteiger partial charge in [0.25, 0.3) is 5.91 Å². The molecule has 1 atom stereocenters. The maximum atomic E-state index is 13.3. The fourth-order valence-electron chi connectivity index (χ4n) is 3.90. The third-order valence-corrected chi connectivity index (χ3v) is 7.60. The number of nitrogens with one attached hydrogen (secondary N) is 2. The summed E-state index contributed by atoms with van der Waals surface area (Å²) in [6, 6.07) is 20.5. The van der Waals surface area contributed by atoms with Crippen LogP contribution in [0.3, 0.4) is 0 Å².